The molecule has 1 fully saturated rings. The average Bonchev–Trinajstić information content (AvgIpc) is 3.23. The van der Waals surface area contributed by atoms with Gasteiger partial charge in [0.2, 0.25) is 0 Å². The van der Waals surface area contributed by atoms with Gasteiger partial charge in [0, 0.05) is 4.47 Å². The first-order chi connectivity index (χ1) is 9.25. The Hall–Kier alpha value is -1.12. The second-order valence-electron chi connectivity index (χ2n) is 5.28. The maximum atomic E-state index is 10.4. The van der Waals surface area contributed by atoms with Gasteiger partial charge < -0.3 is 5.11 Å². The predicted molar refractivity (Wildman–Crippen MR) is 81.1 cm³/mol. The van der Waals surface area contributed by atoms with Crippen LogP contribution in [0.15, 0.2) is 59.1 Å². The largest absolute Gasteiger partial charge is 0.392 e. The molecule has 1 nitrogen and oxygen atoms in total. The van der Waals surface area contributed by atoms with E-state index in [9.17, 15) is 5.11 Å². The van der Waals surface area contributed by atoms with Crippen molar-refractivity contribution in [2.45, 2.75) is 24.9 Å². The summed E-state index contributed by atoms with van der Waals surface area (Å²) in [6.07, 6.45) is 1.59. The number of hydrogen-bond acceptors (Lipinski definition) is 1. The number of aliphatic hydroxyl groups is 1. The molecule has 0 amide bonds. The van der Waals surface area contributed by atoms with E-state index in [2.05, 4.69) is 46.3 Å². The summed E-state index contributed by atoms with van der Waals surface area (Å²) < 4.78 is 1.09. The molecule has 2 heteroatoms. The summed E-state index contributed by atoms with van der Waals surface area (Å²) in [5, 5.41) is 10.4. The lowest BCUT2D eigenvalue weighted by Gasteiger charge is -2.12. The Morgan fingerprint density at radius 2 is 1.74 bits per heavy atom. The topological polar surface area (TPSA) is 20.2 Å². The van der Waals surface area contributed by atoms with Crippen molar-refractivity contribution in [3.8, 4) is 0 Å². The van der Waals surface area contributed by atoms with Gasteiger partial charge in [0.05, 0.1) is 6.10 Å². The van der Waals surface area contributed by atoms with Crippen molar-refractivity contribution in [2.75, 3.05) is 0 Å². The molecule has 0 heterocycles. The van der Waals surface area contributed by atoms with Crippen molar-refractivity contribution in [1.29, 1.82) is 0 Å². The second-order valence-corrected chi connectivity index (χ2v) is 6.13. The normalized spacial score (nSPS) is 23.1. The zero-order valence-corrected chi connectivity index (χ0v) is 12.3. The molecule has 0 spiro atoms. The van der Waals surface area contributed by atoms with E-state index in [1.54, 1.807) is 0 Å². The van der Waals surface area contributed by atoms with Crippen molar-refractivity contribution in [3.63, 3.8) is 0 Å². The predicted octanol–water partition coefficient (Wildman–Crippen LogP) is 4.16. The zero-order valence-electron chi connectivity index (χ0n) is 10.7. The van der Waals surface area contributed by atoms with Crippen molar-refractivity contribution in [2.24, 2.45) is 5.92 Å². The van der Waals surface area contributed by atoms with Gasteiger partial charge >= 0.3 is 0 Å². The minimum atomic E-state index is -0.246. The molecule has 2 aromatic rings. The third-order valence-electron chi connectivity index (χ3n) is 3.95. The molecule has 19 heavy (non-hydrogen) atoms. The molecule has 3 unspecified atom stereocenters. The maximum Gasteiger partial charge on any atom is 0.0615 e. The van der Waals surface area contributed by atoms with E-state index in [-0.39, 0.29) is 6.10 Å². The lowest BCUT2D eigenvalue weighted by atomic mass is 10.0. The van der Waals surface area contributed by atoms with Crippen LogP contribution in [0.2, 0.25) is 0 Å². The van der Waals surface area contributed by atoms with Crippen molar-refractivity contribution in [3.05, 3.63) is 70.2 Å². The van der Waals surface area contributed by atoms with Crippen LogP contribution in [-0.2, 0) is 6.42 Å². The van der Waals surface area contributed by atoms with Crippen molar-refractivity contribution < 1.29 is 5.11 Å². The molecule has 98 valence electrons. The SMILES string of the molecule is OC(Cc1ccccc1Br)C1CC1c1ccccc1. The van der Waals surface area contributed by atoms with Crippen LogP contribution in [0.4, 0.5) is 0 Å². The molecular formula is C17H17BrO. The molecule has 0 aliphatic heterocycles. The van der Waals surface area contributed by atoms with Crippen LogP contribution < -0.4 is 0 Å². The Kier molecular flexibility index (Phi) is 3.72. The smallest absolute Gasteiger partial charge is 0.0615 e. The van der Waals surface area contributed by atoms with Gasteiger partial charge in [0.1, 0.15) is 0 Å². The number of hydrogen-bond donors (Lipinski definition) is 1. The van der Waals surface area contributed by atoms with Crippen molar-refractivity contribution in [1.82, 2.24) is 0 Å². The van der Waals surface area contributed by atoms with Crippen LogP contribution in [0.3, 0.4) is 0 Å². The highest BCUT2D eigenvalue weighted by molar-refractivity contribution is 9.10. The fourth-order valence-corrected chi connectivity index (χ4v) is 3.21. The number of rotatable bonds is 4. The Morgan fingerprint density at radius 3 is 2.47 bits per heavy atom. The number of aliphatic hydroxyl groups excluding tert-OH is 1. The summed E-state index contributed by atoms with van der Waals surface area (Å²) in [6.45, 7) is 0. The first-order valence-corrected chi connectivity index (χ1v) is 7.51. The first-order valence-electron chi connectivity index (χ1n) is 6.72. The van der Waals surface area contributed by atoms with E-state index in [1.807, 2.05) is 24.3 Å². The minimum absolute atomic E-state index is 0.246. The summed E-state index contributed by atoms with van der Waals surface area (Å²) in [5.74, 6) is 0.952. The Balaban J connectivity index is 1.64. The highest BCUT2D eigenvalue weighted by Crippen LogP contribution is 2.50. The van der Waals surface area contributed by atoms with E-state index in [0.29, 0.717) is 11.8 Å². The number of halogens is 1. The molecule has 1 N–H and O–H groups in total. The fourth-order valence-electron chi connectivity index (χ4n) is 2.76. The Morgan fingerprint density at radius 1 is 1.05 bits per heavy atom. The molecule has 0 aromatic heterocycles. The van der Waals surface area contributed by atoms with E-state index >= 15 is 0 Å². The zero-order chi connectivity index (χ0) is 13.2. The maximum absolute atomic E-state index is 10.4. The third kappa shape index (κ3) is 2.90. The molecule has 1 saturated carbocycles. The Labute approximate surface area is 122 Å². The van der Waals surface area contributed by atoms with Gasteiger partial charge in [-0.1, -0.05) is 64.5 Å². The van der Waals surface area contributed by atoms with Crippen LogP contribution in [-0.4, -0.2) is 11.2 Å². The van der Waals surface area contributed by atoms with Crippen LogP contribution in [0.5, 0.6) is 0 Å². The summed E-state index contributed by atoms with van der Waals surface area (Å²) in [5.41, 5.74) is 2.55. The van der Waals surface area contributed by atoms with E-state index in [0.717, 1.165) is 17.3 Å². The summed E-state index contributed by atoms with van der Waals surface area (Å²) >= 11 is 3.54. The van der Waals surface area contributed by atoms with Crippen molar-refractivity contribution >= 4 is 15.9 Å². The van der Waals surface area contributed by atoms with E-state index < -0.39 is 0 Å². The van der Waals surface area contributed by atoms with Gasteiger partial charge in [0.15, 0.2) is 0 Å². The molecule has 0 radical (unpaired) electrons. The standard InChI is InChI=1S/C17H17BrO/c18-16-9-5-4-8-13(16)10-17(19)15-11-14(15)12-6-2-1-3-7-12/h1-9,14-15,17,19H,10-11H2. The molecule has 2 aromatic carbocycles. The van der Waals surface area contributed by atoms with Crippen LogP contribution in [0, 0.1) is 5.92 Å². The van der Waals surface area contributed by atoms with Gasteiger partial charge in [-0.15, -0.1) is 0 Å². The minimum Gasteiger partial charge on any atom is -0.392 e. The molecule has 0 saturated heterocycles. The lowest BCUT2D eigenvalue weighted by molar-refractivity contribution is 0.149. The first kappa shape index (κ1) is 12.9. The number of benzene rings is 2. The second kappa shape index (κ2) is 5.48. The lowest BCUT2D eigenvalue weighted by Crippen LogP contribution is -2.14. The van der Waals surface area contributed by atoms with E-state index in [1.165, 1.54) is 11.1 Å². The van der Waals surface area contributed by atoms with Crippen LogP contribution in [0.1, 0.15) is 23.5 Å². The highest BCUT2D eigenvalue weighted by Gasteiger charge is 2.43. The summed E-state index contributed by atoms with van der Waals surface area (Å²) in [7, 11) is 0. The fraction of sp³-hybridized carbons (Fsp3) is 0.294. The molecular weight excluding hydrogens is 300 g/mol. The summed E-state index contributed by atoms with van der Waals surface area (Å²) in [6, 6.07) is 18.6. The molecule has 3 rings (SSSR count). The van der Waals surface area contributed by atoms with Crippen LogP contribution in [0.25, 0.3) is 0 Å². The third-order valence-corrected chi connectivity index (χ3v) is 4.72. The summed E-state index contributed by atoms with van der Waals surface area (Å²) in [4.78, 5) is 0. The molecule has 1 aliphatic carbocycles. The van der Waals surface area contributed by atoms with Gasteiger partial charge in [-0.05, 0) is 41.9 Å². The highest BCUT2D eigenvalue weighted by atomic mass is 79.9. The van der Waals surface area contributed by atoms with Gasteiger partial charge in [-0.25, -0.2) is 0 Å². The Bertz CT molecular complexity index is 552. The van der Waals surface area contributed by atoms with Gasteiger partial charge in [-0.3, -0.25) is 0 Å². The quantitative estimate of drug-likeness (QED) is 0.898. The monoisotopic (exact) mass is 316 g/mol. The molecule has 0 bridgehead atoms. The molecule has 3 atom stereocenters. The van der Waals surface area contributed by atoms with E-state index in [4.69, 9.17) is 0 Å². The molecule has 1 aliphatic rings. The average molecular weight is 317 g/mol. The van der Waals surface area contributed by atoms with Gasteiger partial charge in [0.25, 0.3) is 0 Å². The van der Waals surface area contributed by atoms with Gasteiger partial charge in [-0.2, -0.15) is 0 Å². The van der Waals surface area contributed by atoms with Crippen LogP contribution >= 0.6 is 15.9 Å².